The Labute approximate surface area is 112 Å². The number of hydrogen-bond acceptors (Lipinski definition) is 1. The van der Waals surface area contributed by atoms with Gasteiger partial charge in [-0.25, -0.2) is 8.78 Å². The molecular formula is C14H11BrF2O. The molecule has 4 heteroatoms. The zero-order chi connectivity index (χ0) is 13.3. The van der Waals surface area contributed by atoms with Gasteiger partial charge in [-0.1, -0.05) is 34.1 Å². The van der Waals surface area contributed by atoms with E-state index in [1.54, 1.807) is 25.1 Å². The van der Waals surface area contributed by atoms with Crippen molar-refractivity contribution in [1.29, 1.82) is 0 Å². The molecule has 1 nitrogen and oxygen atoms in total. The third-order valence-corrected chi connectivity index (χ3v) is 3.48. The standard InChI is InChI=1S/C14H11BrF2O/c1-8-5-6-9(7-12(8)17)14(18)13-10(15)3-2-4-11(13)16/h2-7,14,18H,1H3. The molecule has 0 radical (unpaired) electrons. The highest BCUT2D eigenvalue weighted by Gasteiger charge is 2.18. The first-order chi connectivity index (χ1) is 8.50. The zero-order valence-electron chi connectivity index (χ0n) is 9.62. The molecule has 1 unspecified atom stereocenters. The second kappa shape index (κ2) is 5.16. The first kappa shape index (κ1) is 13.2. The fourth-order valence-electron chi connectivity index (χ4n) is 1.72. The number of halogens is 3. The molecule has 0 amide bonds. The van der Waals surface area contributed by atoms with Gasteiger partial charge < -0.3 is 5.11 Å². The van der Waals surface area contributed by atoms with E-state index in [4.69, 9.17) is 0 Å². The van der Waals surface area contributed by atoms with Crippen molar-refractivity contribution in [3.63, 3.8) is 0 Å². The second-order valence-corrected chi connectivity index (χ2v) is 4.90. The van der Waals surface area contributed by atoms with E-state index in [0.717, 1.165) is 0 Å². The Balaban J connectivity index is 2.48. The van der Waals surface area contributed by atoms with Crippen molar-refractivity contribution in [2.75, 3.05) is 0 Å². The molecule has 2 aromatic carbocycles. The molecule has 0 aromatic heterocycles. The van der Waals surface area contributed by atoms with Gasteiger partial charge in [-0.05, 0) is 36.2 Å². The number of hydrogen-bond donors (Lipinski definition) is 1. The normalized spacial score (nSPS) is 12.5. The van der Waals surface area contributed by atoms with E-state index in [2.05, 4.69) is 15.9 Å². The molecule has 1 atom stereocenters. The first-order valence-electron chi connectivity index (χ1n) is 5.38. The predicted molar refractivity (Wildman–Crippen MR) is 69.3 cm³/mol. The Bertz CT molecular complexity index is 564. The largest absolute Gasteiger partial charge is 0.384 e. The minimum absolute atomic E-state index is 0.112. The van der Waals surface area contributed by atoms with Gasteiger partial charge in [0.2, 0.25) is 0 Å². The van der Waals surface area contributed by atoms with Crippen LogP contribution in [0.2, 0.25) is 0 Å². The average Bonchev–Trinajstić information content (AvgIpc) is 2.32. The predicted octanol–water partition coefficient (Wildman–Crippen LogP) is 4.12. The molecule has 0 aliphatic rings. The summed E-state index contributed by atoms with van der Waals surface area (Å²) in [5.41, 5.74) is 0.920. The number of aliphatic hydroxyl groups excluding tert-OH is 1. The molecule has 0 aliphatic carbocycles. The highest BCUT2D eigenvalue weighted by atomic mass is 79.9. The molecular weight excluding hydrogens is 302 g/mol. The summed E-state index contributed by atoms with van der Waals surface area (Å²) in [6.45, 7) is 1.63. The van der Waals surface area contributed by atoms with E-state index >= 15 is 0 Å². The molecule has 0 heterocycles. The summed E-state index contributed by atoms with van der Waals surface area (Å²) < 4.78 is 27.6. The SMILES string of the molecule is Cc1ccc(C(O)c2c(F)cccc2Br)cc1F. The van der Waals surface area contributed by atoms with Gasteiger partial charge in [-0.15, -0.1) is 0 Å². The Morgan fingerprint density at radius 2 is 1.83 bits per heavy atom. The number of aliphatic hydroxyl groups is 1. The number of benzene rings is 2. The Hall–Kier alpha value is -1.26. The maximum Gasteiger partial charge on any atom is 0.130 e. The van der Waals surface area contributed by atoms with E-state index in [0.29, 0.717) is 15.6 Å². The van der Waals surface area contributed by atoms with Crippen molar-refractivity contribution in [3.05, 3.63) is 69.2 Å². The minimum atomic E-state index is -1.20. The van der Waals surface area contributed by atoms with Gasteiger partial charge in [0.25, 0.3) is 0 Å². The first-order valence-corrected chi connectivity index (χ1v) is 6.18. The van der Waals surface area contributed by atoms with E-state index in [1.165, 1.54) is 18.2 Å². The van der Waals surface area contributed by atoms with Gasteiger partial charge in [0.15, 0.2) is 0 Å². The molecule has 0 fully saturated rings. The van der Waals surface area contributed by atoms with Crippen LogP contribution in [0.1, 0.15) is 22.8 Å². The molecule has 0 saturated heterocycles. The molecule has 2 rings (SSSR count). The van der Waals surface area contributed by atoms with Crippen molar-refractivity contribution in [2.45, 2.75) is 13.0 Å². The van der Waals surface area contributed by atoms with Gasteiger partial charge in [0.1, 0.15) is 17.7 Å². The molecule has 94 valence electrons. The molecule has 2 aromatic rings. The van der Waals surface area contributed by atoms with E-state index in [1.807, 2.05) is 0 Å². The van der Waals surface area contributed by atoms with Gasteiger partial charge in [0.05, 0.1) is 0 Å². The van der Waals surface area contributed by atoms with Crippen LogP contribution < -0.4 is 0 Å². The molecule has 0 aliphatic heterocycles. The zero-order valence-corrected chi connectivity index (χ0v) is 11.2. The highest BCUT2D eigenvalue weighted by Crippen LogP contribution is 2.31. The number of aryl methyl sites for hydroxylation is 1. The van der Waals surface area contributed by atoms with Gasteiger partial charge in [-0.3, -0.25) is 0 Å². The van der Waals surface area contributed by atoms with Gasteiger partial charge in [0, 0.05) is 10.0 Å². The van der Waals surface area contributed by atoms with Crippen LogP contribution in [0.15, 0.2) is 40.9 Å². The van der Waals surface area contributed by atoms with Crippen molar-refractivity contribution < 1.29 is 13.9 Å². The number of rotatable bonds is 2. The topological polar surface area (TPSA) is 20.2 Å². The molecule has 0 bridgehead atoms. The smallest absolute Gasteiger partial charge is 0.130 e. The van der Waals surface area contributed by atoms with Crippen LogP contribution in [0.5, 0.6) is 0 Å². The van der Waals surface area contributed by atoms with Crippen molar-refractivity contribution in [1.82, 2.24) is 0 Å². The monoisotopic (exact) mass is 312 g/mol. The van der Waals surface area contributed by atoms with Crippen LogP contribution in [0.3, 0.4) is 0 Å². The van der Waals surface area contributed by atoms with Crippen LogP contribution in [0, 0.1) is 18.6 Å². The third kappa shape index (κ3) is 2.44. The fraction of sp³-hybridized carbons (Fsp3) is 0.143. The van der Waals surface area contributed by atoms with Gasteiger partial charge >= 0.3 is 0 Å². The van der Waals surface area contributed by atoms with Crippen LogP contribution in [-0.4, -0.2) is 5.11 Å². The lowest BCUT2D eigenvalue weighted by Crippen LogP contribution is -2.04. The minimum Gasteiger partial charge on any atom is -0.384 e. The summed E-state index contributed by atoms with van der Waals surface area (Å²) >= 11 is 3.18. The van der Waals surface area contributed by atoms with E-state index < -0.39 is 17.7 Å². The summed E-state index contributed by atoms with van der Waals surface area (Å²) in [5, 5.41) is 10.1. The van der Waals surface area contributed by atoms with E-state index in [-0.39, 0.29) is 5.56 Å². The Kier molecular flexibility index (Phi) is 3.78. The molecule has 0 saturated carbocycles. The quantitative estimate of drug-likeness (QED) is 0.884. The Morgan fingerprint density at radius 1 is 1.11 bits per heavy atom. The summed E-state index contributed by atoms with van der Waals surface area (Å²) in [7, 11) is 0. The fourth-order valence-corrected chi connectivity index (χ4v) is 2.28. The Morgan fingerprint density at radius 3 is 2.44 bits per heavy atom. The molecule has 0 spiro atoms. The third-order valence-electron chi connectivity index (χ3n) is 2.78. The lowest BCUT2D eigenvalue weighted by atomic mass is 10.00. The maximum atomic E-state index is 13.7. The highest BCUT2D eigenvalue weighted by molar-refractivity contribution is 9.10. The molecule has 1 N–H and O–H groups in total. The molecule has 18 heavy (non-hydrogen) atoms. The summed E-state index contributed by atoms with van der Waals surface area (Å²) in [6.07, 6.45) is -1.20. The van der Waals surface area contributed by atoms with Crippen molar-refractivity contribution in [3.8, 4) is 0 Å². The van der Waals surface area contributed by atoms with E-state index in [9.17, 15) is 13.9 Å². The van der Waals surface area contributed by atoms with Crippen LogP contribution in [0.25, 0.3) is 0 Å². The van der Waals surface area contributed by atoms with Gasteiger partial charge in [-0.2, -0.15) is 0 Å². The van der Waals surface area contributed by atoms with Crippen molar-refractivity contribution in [2.24, 2.45) is 0 Å². The maximum absolute atomic E-state index is 13.7. The second-order valence-electron chi connectivity index (χ2n) is 4.05. The lowest BCUT2D eigenvalue weighted by Gasteiger charge is -2.14. The van der Waals surface area contributed by atoms with Crippen LogP contribution in [-0.2, 0) is 0 Å². The summed E-state index contributed by atoms with van der Waals surface area (Å²) in [6, 6.07) is 8.79. The lowest BCUT2D eigenvalue weighted by molar-refractivity contribution is 0.213. The summed E-state index contributed by atoms with van der Waals surface area (Å²) in [5.74, 6) is -0.947. The van der Waals surface area contributed by atoms with Crippen LogP contribution in [0.4, 0.5) is 8.78 Å². The van der Waals surface area contributed by atoms with Crippen molar-refractivity contribution >= 4 is 15.9 Å². The van der Waals surface area contributed by atoms with Crippen LogP contribution >= 0.6 is 15.9 Å². The summed E-state index contributed by atoms with van der Waals surface area (Å²) in [4.78, 5) is 0. The average molecular weight is 313 g/mol.